The Hall–Kier alpha value is -1.36. The third-order valence-corrected chi connectivity index (χ3v) is 3.85. The van der Waals surface area contributed by atoms with Crippen LogP contribution in [-0.2, 0) is 0 Å². The Morgan fingerprint density at radius 1 is 1.35 bits per heavy atom. The lowest BCUT2D eigenvalue weighted by molar-refractivity contribution is -0.0494. The molecule has 5 heteroatoms. The minimum absolute atomic E-state index is 0.207. The lowest BCUT2D eigenvalue weighted by atomic mass is 9.91. The van der Waals surface area contributed by atoms with Gasteiger partial charge in [-0.25, -0.2) is 0 Å². The first-order valence-electron chi connectivity index (χ1n) is 7.05. The molecule has 112 valence electrons. The van der Waals surface area contributed by atoms with Crippen LogP contribution >= 0.6 is 0 Å². The largest absolute Gasteiger partial charge is 0.433 e. The van der Waals surface area contributed by atoms with Crippen molar-refractivity contribution < 1.29 is 13.5 Å². The van der Waals surface area contributed by atoms with Crippen molar-refractivity contribution in [1.29, 1.82) is 0 Å². The van der Waals surface area contributed by atoms with Gasteiger partial charge < -0.3 is 15.0 Å². The maximum absolute atomic E-state index is 12.4. The Kier molecular flexibility index (Phi) is 5.17. The zero-order valence-electron chi connectivity index (χ0n) is 12.0. The van der Waals surface area contributed by atoms with Crippen LogP contribution in [0, 0.1) is 5.92 Å². The number of likely N-dealkylation sites (tertiary alicyclic amines) is 1. The zero-order chi connectivity index (χ0) is 14.5. The van der Waals surface area contributed by atoms with E-state index >= 15 is 0 Å². The first kappa shape index (κ1) is 15.0. The summed E-state index contributed by atoms with van der Waals surface area (Å²) in [5.41, 5.74) is 0.633. The van der Waals surface area contributed by atoms with Gasteiger partial charge in [0.15, 0.2) is 0 Å². The van der Waals surface area contributed by atoms with Crippen LogP contribution in [-0.4, -0.2) is 37.7 Å². The third-order valence-electron chi connectivity index (χ3n) is 3.85. The molecule has 2 atom stereocenters. The van der Waals surface area contributed by atoms with E-state index in [-0.39, 0.29) is 11.8 Å². The SMILES string of the molecule is CC(Nc1ccccc1OC(F)F)C1CCCN(C)C1. The van der Waals surface area contributed by atoms with Crippen LogP contribution in [0.4, 0.5) is 14.5 Å². The van der Waals surface area contributed by atoms with Crippen LogP contribution in [0.5, 0.6) is 5.75 Å². The van der Waals surface area contributed by atoms with Gasteiger partial charge in [-0.15, -0.1) is 0 Å². The molecule has 1 aliphatic rings. The molecule has 0 spiro atoms. The van der Waals surface area contributed by atoms with Crippen LogP contribution in [0.25, 0.3) is 0 Å². The van der Waals surface area contributed by atoms with Gasteiger partial charge in [-0.05, 0) is 51.4 Å². The summed E-state index contributed by atoms with van der Waals surface area (Å²) in [6.45, 7) is 1.47. The Balaban J connectivity index is 2.01. The normalized spacial score (nSPS) is 21.8. The molecule has 1 aliphatic heterocycles. The average molecular weight is 284 g/mol. The van der Waals surface area contributed by atoms with Gasteiger partial charge in [-0.3, -0.25) is 0 Å². The Labute approximate surface area is 118 Å². The summed E-state index contributed by atoms with van der Waals surface area (Å²) < 4.78 is 29.3. The second-order valence-electron chi connectivity index (χ2n) is 5.47. The molecule has 1 aromatic rings. The van der Waals surface area contributed by atoms with Crippen molar-refractivity contribution in [3.8, 4) is 5.75 Å². The van der Waals surface area contributed by atoms with Gasteiger partial charge in [0.25, 0.3) is 0 Å². The van der Waals surface area contributed by atoms with E-state index in [1.807, 2.05) is 6.07 Å². The van der Waals surface area contributed by atoms with Gasteiger partial charge in [-0.1, -0.05) is 12.1 Å². The first-order valence-corrected chi connectivity index (χ1v) is 7.05. The molecule has 1 heterocycles. The summed E-state index contributed by atoms with van der Waals surface area (Å²) in [5, 5.41) is 3.32. The molecule has 1 saturated heterocycles. The quantitative estimate of drug-likeness (QED) is 0.896. The first-order chi connectivity index (χ1) is 9.56. The fourth-order valence-electron chi connectivity index (χ4n) is 2.76. The lowest BCUT2D eigenvalue weighted by Gasteiger charge is -2.34. The standard InChI is InChI=1S/C15H22F2N2O/c1-11(12-6-5-9-19(2)10-12)18-13-7-3-4-8-14(13)20-15(16)17/h3-4,7-8,11-12,15,18H,5-6,9-10H2,1-2H3. The number of ether oxygens (including phenoxy) is 1. The monoisotopic (exact) mass is 284 g/mol. The molecule has 1 N–H and O–H groups in total. The molecule has 0 aliphatic carbocycles. The highest BCUT2D eigenvalue weighted by atomic mass is 19.3. The van der Waals surface area contributed by atoms with E-state index in [1.54, 1.807) is 18.2 Å². The lowest BCUT2D eigenvalue weighted by Crippen LogP contribution is -2.39. The van der Waals surface area contributed by atoms with E-state index in [4.69, 9.17) is 0 Å². The average Bonchev–Trinajstić information content (AvgIpc) is 2.40. The van der Waals surface area contributed by atoms with E-state index in [2.05, 4.69) is 28.9 Å². The van der Waals surface area contributed by atoms with Gasteiger partial charge in [0.05, 0.1) is 5.69 Å². The highest BCUT2D eigenvalue weighted by Gasteiger charge is 2.23. The third kappa shape index (κ3) is 4.07. The van der Waals surface area contributed by atoms with Crippen LogP contribution in [0.3, 0.4) is 0 Å². The molecule has 0 amide bonds. The van der Waals surface area contributed by atoms with E-state index in [9.17, 15) is 8.78 Å². The number of benzene rings is 1. The number of nitrogens with zero attached hydrogens (tertiary/aromatic N) is 1. The second kappa shape index (κ2) is 6.88. The minimum Gasteiger partial charge on any atom is -0.433 e. The summed E-state index contributed by atoms with van der Waals surface area (Å²) in [4.78, 5) is 2.31. The number of anilines is 1. The van der Waals surface area contributed by atoms with Crippen LogP contribution in [0.15, 0.2) is 24.3 Å². The summed E-state index contributed by atoms with van der Waals surface area (Å²) >= 11 is 0. The summed E-state index contributed by atoms with van der Waals surface area (Å²) in [5.74, 6) is 0.729. The summed E-state index contributed by atoms with van der Waals surface area (Å²) in [6.07, 6.45) is 2.35. The molecule has 3 nitrogen and oxygen atoms in total. The molecule has 0 aromatic heterocycles. The topological polar surface area (TPSA) is 24.5 Å². The second-order valence-corrected chi connectivity index (χ2v) is 5.47. The van der Waals surface area contributed by atoms with E-state index in [0.717, 1.165) is 19.5 Å². The highest BCUT2D eigenvalue weighted by Crippen LogP contribution is 2.28. The maximum atomic E-state index is 12.4. The van der Waals surface area contributed by atoms with Crippen molar-refractivity contribution in [3.63, 3.8) is 0 Å². The predicted octanol–water partition coefficient (Wildman–Crippen LogP) is 3.43. The van der Waals surface area contributed by atoms with Gasteiger partial charge in [0, 0.05) is 12.6 Å². The fraction of sp³-hybridized carbons (Fsp3) is 0.600. The Morgan fingerprint density at radius 3 is 2.80 bits per heavy atom. The Morgan fingerprint density at radius 2 is 2.10 bits per heavy atom. The molecular weight excluding hydrogens is 262 g/mol. The molecule has 0 radical (unpaired) electrons. The van der Waals surface area contributed by atoms with Crippen LogP contribution in [0.1, 0.15) is 19.8 Å². The van der Waals surface area contributed by atoms with Crippen LogP contribution < -0.4 is 10.1 Å². The van der Waals surface area contributed by atoms with Crippen molar-refractivity contribution in [2.45, 2.75) is 32.4 Å². The molecule has 2 rings (SSSR count). The number of rotatable bonds is 5. The van der Waals surface area contributed by atoms with Gasteiger partial charge in [0.1, 0.15) is 5.75 Å². The number of hydrogen-bond acceptors (Lipinski definition) is 3. The molecule has 1 fully saturated rings. The predicted molar refractivity (Wildman–Crippen MR) is 76.4 cm³/mol. The molecule has 2 unspecified atom stereocenters. The number of piperidine rings is 1. The molecule has 0 bridgehead atoms. The van der Waals surface area contributed by atoms with E-state index in [1.165, 1.54) is 6.42 Å². The Bertz CT molecular complexity index is 428. The smallest absolute Gasteiger partial charge is 0.387 e. The summed E-state index contributed by atoms with van der Waals surface area (Å²) in [6, 6.07) is 7.08. The minimum atomic E-state index is -2.80. The number of hydrogen-bond donors (Lipinski definition) is 1. The van der Waals surface area contributed by atoms with Crippen molar-refractivity contribution in [2.24, 2.45) is 5.92 Å². The van der Waals surface area contributed by atoms with Gasteiger partial charge in [0.2, 0.25) is 0 Å². The highest BCUT2D eigenvalue weighted by molar-refractivity contribution is 5.56. The maximum Gasteiger partial charge on any atom is 0.387 e. The number of alkyl halides is 2. The number of para-hydroxylation sites is 2. The fourth-order valence-corrected chi connectivity index (χ4v) is 2.76. The molecule has 20 heavy (non-hydrogen) atoms. The van der Waals surface area contributed by atoms with Gasteiger partial charge in [-0.2, -0.15) is 8.78 Å². The van der Waals surface area contributed by atoms with Crippen molar-refractivity contribution >= 4 is 5.69 Å². The van der Waals surface area contributed by atoms with E-state index < -0.39 is 6.61 Å². The zero-order valence-corrected chi connectivity index (χ0v) is 12.0. The van der Waals surface area contributed by atoms with E-state index in [0.29, 0.717) is 11.6 Å². The molecule has 1 aromatic carbocycles. The number of halogens is 2. The van der Waals surface area contributed by atoms with Gasteiger partial charge >= 0.3 is 6.61 Å². The van der Waals surface area contributed by atoms with Crippen LogP contribution in [0.2, 0.25) is 0 Å². The number of nitrogens with one attached hydrogen (secondary N) is 1. The van der Waals surface area contributed by atoms with Crippen molar-refractivity contribution in [1.82, 2.24) is 4.90 Å². The molecule has 0 saturated carbocycles. The van der Waals surface area contributed by atoms with Crippen molar-refractivity contribution in [3.05, 3.63) is 24.3 Å². The summed E-state index contributed by atoms with van der Waals surface area (Å²) in [7, 11) is 2.12. The van der Waals surface area contributed by atoms with Crippen molar-refractivity contribution in [2.75, 3.05) is 25.5 Å². The molecular formula is C15H22F2N2O.